The van der Waals surface area contributed by atoms with Crippen LogP contribution in [0.2, 0.25) is 0 Å². The molecule has 1 aliphatic heterocycles. The summed E-state index contributed by atoms with van der Waals surface area (Å²) in [7, 11) is -0.785. The second kappa shape index (κ2) is 7.49. The van der Waals surface area contributed by atoms with Crippen molar-refractivity contribution in [3.8, 4) is 11.5 Å². The molecule has 2 aliphatic rings. The maximum atomic E-state index is 12.6. The third kappa shape index (κ3) is 4.08. The smallest absolute Gasteiger partial charge is 0.244 e. The molecule has 1 unspecified atom stereocenters. The lowest BCUT2D eigenvalue weighted by atomic mass is 9.94. The lowest BCUT2D eigenvalue weighted by Gasteiger charge is -2.31. The molecule has 0 aromatic heterocycles. The number of methoxy groups -OCH3 is 2. The molecule has 8 heteroatoms. The summed E-state index contributed by atoms with van der Waals surface area (Å²) < 4.78 is 49.9. The summed E-state index contributed by atoms with van der Waals surface area (Å²) in [4.78, 5) is 0.0714. The molecule has 7 nitrogen and oxygen atoms in total. The van der Waals surface area contributed by atoms with Gasteiger partial charge in [-0.2, -0.15) is 0 Å². The van der Waals surface area contributed by atoms with Gasteiger partial charge in [-0.25, -0.2) is 13.1 Å². The number of rotatable bonds is 6. The predicted octanol–water partition coefficient (Wildman–Crippen LogP) is 2.06. The summed E-state index contributed by atoms with van der Waals surface area (Å²) >= 11 is 0. The fourth-order valence-corrected chi connectivity index (χ4v) is 4.56. The Hall–Kier alpha value is -1.35. The Morgan fingerprint density at radius 3 is 2.64 bits per heavy atom. The van der Waals surface area contributed by atoms with Crippen molar-refractivity contribution in [2.75, 3.05) is 27.4 Å². The average molecular weight is 371 g/mol. The third-order valence-electron chi connectivity index (χ3n) is 4.69. The second-order valence-corrected chi connectivity index (χ2v) is 8.13. The van der Waals surface area contributed by atoms with E-state index in [1.807, 2.05) is 0 Å². The SMILES string of the molecule is COc1ccc(S(=O)(=O)NCC2COC3(CCCCC3)O2)c(OC)c1. The van der Waals surface area contributed by atoms with E-state index in [1.54, 1.807) is 12.1 Å². The first-order valence-electron chi connectivity index (χ1n) is 8.51. The molecule has 0 amide bonds. The first kappa shape index (κ1) is 18.4. The third-order valence-corrected chi connectivity index (χ3v) is 6.15. The zero-order chi connectivity index (χ0) is 17.9. The molecule has 1 spiro atoms. The molecule has 1 saturated heterocycles. The largest absolute Gasteiger partial charge is 0.497 e. The fraction of sp³-hybridized carbons (Fsp3) is 0.647. The van der Waals surface area contributed by atoms with Gasteiger partial charge in [0, 0.05) is 25.5 Å². The summed E-state index contributed by atoms with van der Waals surface area (Å²) in [5.74, 6) is 0.258. The fourth-order valence-electron chi connectivity index (χ4n) is 3.35. The lowest BCUT2D eigenvalue weighted by Crippen LogP contribution is -2.37. The molecule has 1 saturated carbocycles. The van der Waals surface area contributed by atoms with Crippen molar-refractivity contribution in [2.45, 2.75) is 48.9 Å². The minimum atomic E-state index is -3.72. The van der Waals surface area contributed by atoms with Crippen LogP contribution in [0, 0.1) is 0 Å². The van der Waals surface area contributed by atoms with Crippen molar-refractivity contribution in [2.24, 2.45) is 0 Å². The maximum Gasteiger partial charge on any atom is 0.244 e. The van der Waals surface area contributed by atoms with Crippen LogP contribution in [0.5, 0.6) is 11.5 Å². The summed E-state index contributed by atoms with van der Waals surface area (Å²) in [6, 6.07) is 4.60. The van der Waals surface area contributed by atoms with Gasteiger partial charge in [0.15, 0.2) is 5.79 Å². The van der Waals surface area contributed by atoms with Crippen LogP contribution < -0.4 is 14.2 Å². The molecule has 25 heavy (non-hydrogen) atoms. The van der Waals surface area contributed by atoms with Crippen LogP contribution in [-0.2, 0) is 19.5 Å². The number of hydrogen-bond acceptors (Lipinski definition) is 6. The van der Waals surface area contributed by atoms with Crippen LogP contribution in [0.25, 0.3) is 0 Å². The molecule has 0 bridgehead atoms. The van der Waals surface area contributed by atoms with Crippen molar-refractivity contribution in [3.63, 3.8) is 0 Å². The molecule has 1 aromatic rings. The molecule has 2 fully saturated rings. The number of hydrogen-bond donors (Lipinski definition) is 1. The van der Waals surface area contributed by atoms with E-state index in [9.17, 15) is 8.42 Å². The molecule has 1 aliphatic carbocycles. The predicted molar refractivity (Wildman–Crippen MR) is 91.4 cm³/mol. The van der Waals surface area contributed by atoms with Gasteiger partial charge in [-0.15, -0.1) is 0 Å². The lowest BCUT2D eigenvalue weighted by molar-refractivity contribution is -0.186. The first-order chi connectivity index (χ1) is 12.0. The molecule has 1 N–H and O–H groups in total. The average Bonchev–Trinajstić information content (AvgIpc) is 3.02. The van der Waals surface area contributed by atoms with Gasteiger partial charge in [-0.05, 0) is 25.0 Å². The molecular formula is C17H25NO6S. The van der Waals surface area contributed by atoms with E-state index in [1.165, 1.54) is 26.7 Å². The number of sulfonamides is 1. The molecular weight excluding hydrogens is 346 g/mol. The van der Waals surface area contributed by atoms with Gasteiger partial charge in [-0.3, -0.25) is 0 Å². The van der Waals surface area contributed by atoms with Crippen LogP contribution in [0.1, 0.15) is 32.1 Å². The van der Waals surface area contributed by atoms with E-state index < -0.39 is 15.8 Å². The van der Waals surface area contributed by atoms with E-state index >= 15 is 0 Å². The van der Waals surface area contributed by atoms with Crippen molar-refractivity contribution in [1.82, 2.24) is 4.72 Å². The van der Waals surface area contributed by atoms with Gasteiger partial charge >= 0.3 is 0 Å². The Bertz CT molecular complexity index is 699. The summed E-state index contributed by atoms with van der Waals surface area (Å²) in [6.45, 7) is 0.571. The molecule has 1 atom stereocenters. The Morgan fingerprint density at radius 1 is 1.20 bits per heavy atom. The summed E-state index contributed by atoms with van der Waals surface area (Å²) in [6.07, 6.45) is 4.84. The highest BCUT2D eigenvalue weighted by molar-refractivity contribution is 7.89. The van der Waals surface area contributed by atoms with Gasteiger partial charge in [0.25, 0.3) is 0 Å². The van der Waals surface area contributed by atoms with Crippen LogP contribution in [0.4, 0.5) is 0 Å². The molecule has 3 rings (SSSR count). The van der Waals surface area contributed by atoms with Crippen molar-refractivity contribution >= 4 is 10.0 Å². The highest BCUT2D eigenvalue weighted by Crippen LogP contribution is 2.37. The highest BCUT2D eigenvalue weighted by atomic mass is 32.2. The Kier molecular flexibility index (Phi) is 5.52. The van der Waals surface area contributed by atoms with Gasteiger partial charge < -0.3 is 18.9 Å². The second-order valence-electron chi connectivity index (χ2n) is 6.39. The van der Waals surface area contributed by atoms with Gasteiger partial charge in [0.05, 0.1) is 26.9 Å². The number of benzene rings is 1. The van der Waals surface area contributed by atoms with Gasteiger partial charge in [-0.1, -0.05) is 6.42 Å². The monoisotopic (exact) mass is 371 g/mol. The van der Waals surface area contributed by atoms with E-state index in [0.29, 0.717) is 12.4 Å². The zero-order valence-corrected chi connectivity index (χ0v) is 15.4. The van der Waals surface area contributed by atoms with Crippen molar-refractivity contribution in [1.29, 1.82) is 0 Å². The zero-order valence-electron chi connectivity index (χ0n) is 14.6. The Morgan fingerprint density at radius 2 is 1.96 bits per heavy atom. The Labute approximate surface area is 148 Å². The number of ether oxygens (including phenoxy) is 4. The van der Waals surface area contributed by atoms with E-state index in [4.69, 9.17) is 18.9 Å². The molecule has 0 radical (unpaired) electrons. The van der Waals surface area contributed by atoms with Crippen molar-refractivity contribution in [3.05, 3.63) is 18.2 Å². The van der Waals surface area contributed by atoms with Gasteiger partial charge in [0.2, 0.25) is 10.0 Å². The topological polar surface area (TPSA) is 83.1 Å². The molecule has 140 valence electrons. The number of nitrogens with one attached hydrogen (secondary N) is 1. The van der Waals surface area contributed by atoms with Crippen LogP contribution >= 0.6 is 0 Å². The first-order valence-corrected chi connectivity index (χ1v) is 10.00. The standard InChI is InChI=1S/C17H25NO6S/c1-21-13-6-7-16(15(10-13)22-2)25(19,20)18-11-14-12-23-17(24-14)8-4-3-5-9-17/h6-7,10,14,18H,3-5,8-9,11-12H2,1-2H3. The van der Waals surface area contributed by atoms with Crippen molar-refractivity contribution < 1.29 is 27.4 Å². The maximum absolute atomic E-state index is 12.6. The van der Waals surface area contributed by atoms with Crippen LogP contribution in [0.3, 0.4) is 0 Å². The minimum Gasteiger partial charge on any atom is -0.497 e. The van der Waals surface area contributed by atoms with E-state index in [0.717, 1.165) is 25.7 Å². The highest BCUT2D eigenvalue weighted by Gasteiger charge is 2.42. The van der Waals surface area contributed by atoms with Crippen LogP contribution in [0.15, 0.2) is 23.1 Å². The summed E-state index contributed by atoms with van der Waals surface area (Å²) in [5.41, 5.74) is 0. The minimum absolute atomic E-state index is 0.0714. The molecule has 1 aromatic carbocycles. The Balaban J connectivity index is 1.64. The van der Waals surface area contributed by atoms with E-state index in [-0.39, 0.29) is 23.3 Å². The normalized spacial score (nSPS) is 22.9. The van der Waals surface area contributed by atoms with Crippen LogP contribution in [-0.4, -0.2) is 47.7 Å². The quantitative estimate of drug-likeness (QED) is 0.824. The van der Waals surface area contributed by atoms with E-state index in [2.05, 4.69) is 4.72 Å². The van der Waals surface area contributed by atoms with Gasteiger partial charge in [0.1, 0.15) is 16.4 Å². The summed E-state index contributed by atoms with van der Waals surface area (Å²) in [5, 5.41) is 0. The molecule has 1 heterocycles.